The van der Waals surface area contributed by atoms with Crippen LogP contribution in [0.25, 0.3) is 98.4 Å². The van der Waals surface area contributed by atoms with E-state index in [2.05, 4.69) is 223 Å². The van der Waals surface area contributed by atoms with Crippen LogP contribution in [-0.4, -0.2) is 0 Å². The van der Waals surface area contributed by atoms with Gasteiger partial charge >= 0.3 is 0 Å². The summed E-state index contributed by atoms with van der Waals surface area (Å²) in [5.74, 6) is 0. The average Bonchev–Trinajstić information content (AvgIpc) is 3.71. The normalized spacial score (nSPS) is 11.7. The Balaban J connectivity index is 1.02. The molecule has 0 bridgehead atoms. The van der Waals surface area contributed by atoms with E-state index in [-0.39, 0.29) is 0 Å². The summed E-state index contributed by atoms with van der Waals surface area (Å²) in [6.45, 7) is 0. The topological polar surface area (TPSA) is 16.4 Å². The van der Waals surface area contributed by atoms with Crippen molar-refractivity contribution >= 4 is 82.1 Å². The van der Waals surface area contributed by atoms with E-state index >= 15 is 0 Å². The Morgan fingerprint density at radius 1 is 0.283 bits per heavy atom. The second kappa shape index (κ2) is 13.9. The zero-order valence-corrected chi connectivity index (χ0v) is 32.7. The summed E-state index contributed by atoms with van der Waals surface area (Å²) in [5.41, 5.74) is 12.0. The van der Waals surface area contributed by atoms with Gasteiger partial charge in [0.25, 0.3) is 0 Å². The van der Waals surface area contributed by atoms with E-state index in [4.69, 9.17) is 4.42 Å². The van der Waals surface area contributed by atoms with E-state index in [1.54, 1.807) is 0 Å². The number of fused-ring (bicyclic) bond motifs is 9. The van der Waals surface area contributed by atoms with Crippen LogP contribution in [0.2, 0.25) is 0 Å². The lowest BCUT2D eigenvalue weighted by Gasteiger charge is -2.29. The molecule has 0 fully saturated rings. The third-order valence-corrected chi connectivity index (χ3v) is 12.2. The third-order valence-electron chi connectivity index (χ3n) is 12.2. The summed E-state index contributed by atoms with van der Waals surface area (Å²) in [4.78, 5) is 2.42. The van der Waals surface area contributed by atoms with Crippen molar-refractivity contribution in [1.29, 1.82) is 0 Å². The number of benzene rings is 11. The van der Waals surface area contributed by atoms with Gasteiger partial charge in [-0.1, -0.05) is 176 Å². The number of rotatable bonds is 6. The number of nitrogens with zero attached hydrogens (tertiary/aromatic N) is 1. The Kier molecular flexibility index (Phi) is 7.89. The van der Waals surface area contributed by atoms with Crippen LogP contribution in [0, 0.1) is 0 Å². The largest absolute Gasteiger partial charge is 0.456 e. The molecule has 0 N–H and O–H groups in total. The molecule has 0 saturated carbocycles. The summed E-state index contributed by atoms with van der Waals surface area (Å²) < 4.78 is 6.48. The number of hydrogen-bond acceptors (Lipinski definition) is 2. The summed E-state index contributed by atoms with van der Waals surface area (Å²) in [5, 5.41) is 12.3. The second-order valence-corrected chi connectivity index (χ2v) is 15.7. The van der Waals surface area contributed by atoms with Gasteiger partial charge in [0, 0.05) is 16.6 Å². The molecule has 0 spiro atoms. The molecule has 0 saturated heterocycles. The molecule has 12 rings (SSSR count). The monoisotopic (exact) mass is 763 g/mol. The van der Waals surface area contributed by atoms with Gasteiger partial charge < -0.3 is 9.32 Å². The molecule has 0 atom stereocenters. The summed E-state index contributed by atoms with van der Waals surface area (Å²) in [6.07, 6.45) is 0. The molecular weight excluding hydrogens is 727 g/mol. The summed E-state index contributed by atoms with van der Waals surface area (Å²) in [6, 6.07) is 81.4. The number of para-hydroxylation sites is 2. The number of anilines is 3. The number of hydrogen-bond donors (Lipinski definition) is 0. The fraction of sp³-hybridized carbons (Fsp3) is 0. The molecule has 2 heteroatoms. The fourth-order valence-corrected chi connectivity index (χ4v) is 9.29. The van der Waals surface area contributed by atoms with Crippen molar-refractivity contribution in [3.63, 3.8) is 0 Å². The first-order valence-corrected chi connectivity index (χ1v) is 20.6. The lowest BCUT2D eigenvalue weighted by atomic mass is 9.95. The predicted molar refractivity (Wildman–Crippen MR) is 255 cm³/mol. The van der Waals surface area contributed by atoms with Gasteiger partial charge in [-0.25, -0.2) is 0 Å². The van der Waals surface area contributed by atoms with Crippen LogP contribution in [0.5, 0.6) is 0 Å². The van der Waals surface area contributed by atoms with Crippen molar-refractivity contribution in [2.45, 2.75) is 0 Å². The van der Waals surface area contributed by atoms with Crippen molar-refractivity contribution in [3.05, 3.63) is 224 Å². The first kappa shape index (κ1) is 34.1. The Morgan fingerprint density at radius 3 is 1.48 bits per heavy atom. The van der Waals surface area contributed by atoms with Crippen LogP contribution in [-0.2, 0) is 0 Å². The highest BCUT2D eigenvalue weighted by atomic mass is 16.3. The van der Waals surface area contributed by atoms with Crippen LogP contribution in [0.4, 0.5) is 17.1 Å². The van der Waals surface area contributed by atoms with Gasteiger partial charge in [0.05, 0.1) is 16.8 Å². The van der Waals surface area contributed by atoms with Gasteiger partial charge in [-0.05, 0) is 119 Å². The molecule has 1 aromatic heterocycles. The highest BCUT2D eigenvalue weighted by molar-refractivity contribution is 6.14. The van der Waals surface area contributed by atoms with E-state index < -0.39 is 0 Å². The molecule has 0 aliphatic heterocycles. The zero-order chi connectivity index (χ0) is 39.6. The van der Waals surface area contributed by atoms with Crippen molar-refractivity contribution in [3.8, 4) is 33.4 Å². The number of furan rings is 1. The molecule has 12 aromatic rings. The fourth-order valence-electron chi connectivity index (χ4n) is 9.29. The van der Waals surface area contributed by atoms with Gasteiger partial charge in [0.1, 0.15) is 11.2 Å². The third kappa shape index (κ3) is 5.65. The van der Waals surface area contributed by atoms with Crippen LogP contribution >= 0.6 is 0 Å². The molecule has 0 radical (unpaired) electrons. The van der Waals surface area contributed by atoms with Crippen molar-refractivity contribution in [2.75, 3.05) is 4.90 Å². The van der Waals surface area contributed by atoms with Gasteiger partial charge in [-0.15, -0.1) is 0 Å². The Bertz CT molecular complexity index is 3610. The van der Waals surface area contributed by atoms with E-state index in [0.29, 0.717) is 0 Å². The van der Waals surface area contributed by atoms with Gasteiger partial charge in [0.15, 0.2) is 0 Å². The quantitative estimate of drug-likeness (QED) is 0.157. The Labute approximate surface area is 347 Å². The highest BCUT2D eigenvalue weighted by Gasteiger charge is 2.22. The van der Waals surface area contributed by atoms with Gasteiger partial charge in [-0.3, -0.25) is 0 Å². The van der Waals surface area contributed by atoms with Crippen molar-refractivity contribution in [2.24, 2.45) is 0 Å². The van der Waals surface area contributed by atoms with E-state index in [9.17, 15) is 0 Å². The minimum atomic E-state index is 0.862. The van der Waals surface area contributed by atoms with E-state index in [0.717, 1.165) is 55.7 Å². The summed E-state index contributed by atoms with van der Waals surface area (Å²) >= 11 is 0. The molecule has 0 aliphatic carbocycles. The lowest BCUT2D eigenvalue weighted by molar-refractivity contribution is 0.669. The van der Waals surface area contributed by atoms with E-state index in [1.165, 1.54) is 59.8 Å². The van der Waals surface area contributed by atoms with Crippen LogP contribution in [0.3, 0.4) is 0 Å². The SMILES string of the molecule is c1cc(-c2ccc3ccc4ccccc4c3c2)cc(N(c2ccccc2-c2ccc(-c3ccc4ccc5ccccc5c4c3)cc2)c2cccc3oc4ccccc4c23)c1. The maximum atomic E-state index is 6.48. The first-order chi connectivity index (χ1) is 29.7. The smallest absolute Gasteiger partial charge is 0.137 e. The Hall–Kier alpha value is -7.94. The van der Waals surface area contributed by atoms with Crippen LogP contribution < -0.4 is 4.90 Å². The molecule has 11 aromatic carbocycles. The van der Waals surface area contributed by atoms with Crippen LogP contribution in [0.15, 0.2) is 229 Å². The predicted octanol–water partition coefficient (Wildman–Crippen LogP) is 16.7. The molecule has 0 amide bonds. The Morgan fingerprint density at radius 2 is 0.767 bits per heavy atom. The second-order valence-electron chi connectivity index (χ2n) is 15.7. The summed E-state index contributed by atoms with van der Waals surface area (Å²) in [7, 11) is 0. The molecule has 280 valence electrons. The molecule has 60 heavy (non-hydrogen) atoms. The van der Waals surface area contributed by atoms with E-state index in [1.807, 2.05) is 6.07 Å². The van der Waals surface area contributed by atoms with Crippen LogP contribution in [0.1, 0.15) is 0 Å². The van der Waals surface area contributed by atoms with Crippen molar-refractivity contribution in [1.82, 2.24) is 0 Å². The first-order valence-electron chi connectivity index (χ1n) is 20.6. The maximum Gasteiger partial charge on any atom is 0.137 e. The minimum Gasteiger partial charge on any atom is -0.456 e. The van der Waals surface area contributed by atoms with Crippen molar-refractivity contribution < 1.29 is 4.42 Å². The lowest BCUT2D eigenvalue weighted by Crippen LogP contribution is -2.11. The molecule has 2 nitrogen and oxygen atoms in total. The van der Waals surface area contributed by atoms with Gasteiger partial charge in [-0.2, -0.15) is 0 Å². The highest BCUT2D eigenvalue weighted by Crippen LogP contribution is 2.47. The zero-order valence-electron chi connectivity index (χ0n) is 32.7. The molecule has 0 unspecified atom stereocenters. The molecule has 0 aliphatic rings. The standard InChI is InChI=1S/C58H37NO/c1-3-15-48-39(11-1)27-29-42-31-33-45(36-52(42)48)38-23-25-41(26-24-38)50-17-5-7-19-54(50)59(55-20-10-22-57-58(55)51-18-6-8-21-56(51)60-57)47-14-9-13-44(35-47)46-34-32-43-30-28-40-12-2-4-16-49(40)53(43)37-46/h1-37H. The van der Waals surface area contributed by atoms with Gasteiger partial charge in [0.2, 0.25) is 0 Å². The average molecular weight is 764 g/mol. The molecular formula is C58H37NO. The maximum absolute atomic E-state index is 6.48. The molecule has 1 heterocycles. The minimum absolute atomic E-state index is 0.862.